The summed E-state index contributed by atoms with van der Waals surface area (Å²) in [4.78, 5) is 16.8. The molecule has 1 aliphatic rings. The molecule has 3 rings (SSSR count). The van der Waals surface area contributed by atoms with Gasteiger partial charge in [0.15, 0.2) is 0 Å². The molecule has 0 saturated heterocycles. The number of amides is 1. The molecule has 1 aromatic carbocycles. The number of hydrogen-bond acceptors (Lipinski definition) is 6. The van der Waals surface area contributed by atoms with Gasteiger partial charge in [0.25, 0.3) is 0 Å². The van der Waals surface area contributed by atoms with Gasteiger partial charge >= 0.3 is 0 Å². The number of rotatable bonds is 9. The molecular weight excluding hydrogens is 386 g/mol. The highest BCUT2D eigenvalue weighted by molar-refractivity contribution is 7.99. The van der Waals surface area contributed by atoms with Crippen molar-refractivity contribution >= 4 is 23.6 Å². The lowest BCUT2D eigenvalue weighted by Crippen LogP contribution is -2.31. The predicted octanol–water partition coefficient (Wildman–Crippen LogP) is 3.98. The van der Waals surface area contributed by atoms with Crippen molar-refractivity contribution in [2.75, 3.05) is 17.7 Å². The fraction of sp³-hybridized carbons (Fsp3) is 0.476. The molecule has 0 bridgehead atoms. The Bertz CT molecular complexity index is 889. The standard InChI is InChI=1S/C21H29N5O2S/c1-5-12-29-21-24-20-23-14(4)17(19(22)27)18(26(20)25-21)15-6-8-16(9-7-15)28-11-10-13(2)3/h6-9,13,18H,5,10-12H2,1-4H3,(H2,22,27)(H,23,24,25). The summed E-state index contributed by atoms with van der Waals surface area (Å²) in [5.74, 6) is 2.49. The summed E-state index contributed by atoms with van der Waals surface area (Å²) in [6.07, 6.45) is 2.04. The van der Waals surface area contributed by atoms with Crippen molar-refractivity contribution in [3.8, 4) is 5.75 Å². The number of thioether (sulfide) groups is 1. The fourth-order valence-corrected chi connectivity index (χ4v) is 3.86. The second-order valence-corrected chi connectivity index (χ2v) is 8.60. The summed E-state index contributed by atoms with van der Waals surface area (Å²) in [6, 6.07) is 7.35. The van der Waals surface area contributed by atoms with Gasteiger partial charge in [-0.15, -0.1) is 5.10 Å². The van der Waals surface area contributed by atoms with Crippen LogP contribution >= 0.6 is 11.8 Å². The van der Waals surface area contributed by atoms with Crippen LogP contribution in [0.1, 0.15) is 52.1 Å². The molecule has 0 spiro atoms. The van der Waals surface area contributed by atoms with Gasteiger partial charge in [-0.2, -0.15) is 4.98 Å². The van der Waals surface area contributed by atoms with Crippen LogP contribution in [0.2, 0.25) is 0 Å². The molecule has 1 amide bonds. The summed E-state index contributed by atoms with van der Waals surface area (Å²) in [5.41, 5.74) is 7.83. The molecule has 3 N–H and O–H groups in total. The molecule has 1 unspecified atom stereocenters. The summed E-state index contributed by atoms with van der Waals surface area (Å²) >= 11 is 1.60. The van der Waals surface area contributed by atoms with Gasteiger partial charge in [0, 0.05) is 11.4 Å². The number of ether oxygens (including phenoxy) is 1. The lowest BCUT2D eigenvalue weighted by molar-refractivity contribution is -0.115. The first kappa shape index (κ1) is 21.2. The molecule has 0 radical (unpaired) electrons. The van der Waals surface area contributed by atoms with Crippen molar-refractivity contribution in [3.63, 3.8) is 0 Å². The third kappa shape index (κ3) is 4.93. The maximum atomic E-state index is 12.2. The van der Waals surface area contributed by atoms with E-state index in [-0.39, 0.29) is 0 Å². The largest absolute Gasteiger partial charge is 0.494 e. The number of nitrogens with zero attached hydrogens (tertiary/aromatic N) is 3. The van der Waals surface area contributed by atoms with Crippen LogP contribution in [0.4, 0.5) is 5.95 Å². The van der Waals surface area contributed by atoms with Gasteiger partial charge in [-0.1, -0.05) is 44.7 Å². The summed E-state index contributed by atoms with van der Waals surface area (Å²) in [6.45, 7) is 8.99. The first-order valence-electron chi connectivity index (χ1n) is 10.00. The lowest BCUT2D eigenvalue weighted by atomic mass is 9.95. The van der Waals surface area contributed by atoms with Crippen LogP contribution in [0.5, 0.6) is 5.75 Å². The van der Waals surface area contributed by atoms with Crippen LogP contribution in [0, 0.1) is 5.92 Å². The average Bonchev–Trinajstić information content (AvgIpc) is 3.07. The Hall–Kier alpha value is -2.48. The number of allylic oxidation sites excluding steroid dienone is 1. The monoisotopic (exact) mass is 415 g/mol. The Morgan fingerprint density at radius 2 is 2.07 bits per heavy atom. The summed E-state index contributed by atoms with van der Waals surface area (Å²) in [7, 11) is 0. The van der Waals surface area contributed by atoms with Gasteiger partial charge in [0.05, 0.1) is 12.2 Å². The molecule has 29 heavy (non-hydrogen) atoms. The third-order valence-corrected chi connectivity index (χ3v) is 5.74. The molecule has 0 aliphatic carbocycles. The first-order chi connectivity index (χ1) is 13.9. The van der Waals surface area contributed by atoms with Crippen molar-refractivity contribution in [1.29, 1.82) is 0 Å². The smallest absolute Gasteiger partial charge is 0.248 e. The Morgan fingerprint density at radius 1 is 1.34 bits per heavy atom. The highest BCUT2D eigenvalue weighted by Crippen LogP contribution is 2.36. The van der Waals surface area contributed by atoms with E-state index in [2.05, 4.69) is 36.2 Å². The quantitative estimate of drug-likeness (QED) is 0.602. The molecule has 0 fully saturated rings. The zero-order chi connectivity index (χ0) is 21.0. The number of benzene rings is 1. The predicted molar refractivity (Wildman–Crippen MR) is 116 cm³/mol. The van der Waals surface area contributed by atoms with Crippen molar-refractivity contribution < 1.29 is 9.53 Å². The minimum absolute atomic E-state index is 0.419. The van der Waals surface area contributed by atoms with E-state index in [9.17, 15) is 4.79 Å². The molecule has 156 valence electrons. The van der Waals surface area contributed by atoms with Gasteiger partial charge in [0.1, 0.15) is 11.8 Å². The number of aromatic nitrogens is 3. The molecule has 2 heterocycles. The van der Waals surface area contributed by atoms with Crippen LogP contribution in [-0.2, 0) is 4.79 Å². The number of primary amides is 1. The number of anilines is 1. The van der Waals surface area contributed by atoms with Crippen LogP contribution in [0.3, 0.4) is 0 Å². The van der Waals surface area contributed by atoms with Crippen molar-refractivity contribution in [2.45, 2.75) is 51.7 Å². The van der Waals surface area contributed by atoms with Crippen molar-refractivity contribution in [2.24, 2.45) is 11.7 Å². The number of carbonyl (C=O) groups excluding carboxylic acids is 1. The molecule has 8 heteroatoms. The molecule has 1 atom stereocenters. The highest BCUT2D eigenvalue weighted by Gasteiger charge is 2.33. The maximum Gasteiger partial charge on any atom is 0.248 e. The van der Waals surface area contributed by atoms with E-state index < -0.39 is 11.9 Å². The zero-order valence-corrected chi connectivity index (χ0v) is 18.3. The first-order valence-corrected chi connectivity index (χ1v) is 11.0. The van der Waals surface area contributed by atoms with Crippen LogP contribution in [-0.4, -0.2) is 33.0 Å². The fourth-order valence-electron chi connectivity index (χ4n) is 3.17. The van der Waals surface area contributed by atoms with E-state index in [1.807, 2.05) is 31.2 Å². The summed E-state index contributed by atoms with van der Waals surface area (Å²) in [5, 5.41) is 8.49. The van der Waals surface area contributed by atoms with Gasteiger partial charge in [-0.05, 0) is 43.4 Å². The number of carbonyl (C=O) groups is 1. The number of fused-ring (bicyclic) bond motifs is 1. The lowest BCUT2D eigenvalue weighted by Gasteiger charge is -2.27. The normalized spacial score (nSPS) is 16.0. The van der Waals surface area contributed by atoms with E-state index in [0.717, 1.165) is 29.9 Å². The Morgan fingerprint density at radius 3 is 2.69 bits per heavy atom. The SMILES string of the molecule is CCCSc1nc2n(n1)C(c1ccc(OCCC(C)C)cc1)C(C(N)=O)=C(C)N2. The Balaban J connectivity index is 1.90. The van der Waals surface area contributed by atoms with Crippen LogP contribution in [0.25, 0.3) is 0 Å². The Kier molecular flexibility index (Phi) is 6.84. The molecular formula is C21H29N5O2S. The van der Waals surface area contributed by atoms with E-state index in [1.54, 1.807) is 16.4 Å². The second kappa shape index (κ2) is 9.35. The number of hydrogen-bond donors (Lipinski definition) is 2. The second-order valence-electron chi connectivity index (χ2n) is 7.54. The van der Waals surface area contributed by atoms with Crippen LogP contribution < -0.4 is 15.8 Å². The van der Waals surface area contributed by atoms with Gasteiger partial charge in [-0.3, -0.25) is 4.79 Å². The summed E-state index contributed by atoms with van der Waals surface area (Å²) < 4.78 is 7.57. The zero-order valence-electron chi connectivity index (χ0n) is 17.4. The molecule has 0 saturated carbocycles. The average molecular weight is 416 g/mol. The van der Waals surface area contributed by atoms with E-state index >= 15 is 0 Å². The van der Waals surface area contributed by atoms with Gasteiger partial charge in [0.2, 0.25) is 17.0 Å². The van der Waals surface area contributed by atoms with E-state index in [4.69, 9.17) is 10.5 Å². The minimum atomic E-state index is -0.471. The number of nitrogens with two attached hydrogens (primary N) is 1. The minimum Gasteiger partial charge on any atom is -0.494 e. The third-order valence-electron chi connectivity index (χ3n) is 4.69. The molecule has 1 aliphatic heterocycles. The molecule has 7 nitrogen and oxygen atoms in total. The van der Waals surface area contributed by atoms with E-state index in [1.165, 1.54) is 0 Å². The maximum absolute atomic E-state index is 12.2. The van der Waals surface area contributed by atoms with Gasteiger partial charge < -0.3 is 15.8 Å². The van der Waals surface area contributed by atoms with Crippen molar-refractivity contribution in [3.05, 3.63) is 41.1 Å². The Labute approximate surface area is 176 Å². The molecule has 1 aromatic heterocycles. The topological polar surface area (TPSA) is 95.1 Å². The van der Waals surface area contributed by atoms with Crippen LogP contribution in [0.15, 0.2) is 40.7 Å². The van der Waals surface area contributed by atoms with Crippen molar-refractivity contribution in [1.82, 2.24) is 14.8 Å². The van der Waals surface area contributed by atoms with E-state index in [0.29, 0.717) is 34.9 Å². The number of nitrogens with one attached hydrogen (secondary N) is 1. The molecule has 2 aromatic rings. The van der Waals surface area contributed by atoms with Gasteiger partial charge in [-0.25, -0.2) is 4.68 Å². The highest BCUT2D eigenvalue weighted by atomic mass is 32.2.